The van der Waals surface area contributed by atoms with Crippen molar-refractivity contribution in [2.45, 2.75) is 38.2 Å². The molecule has 0 spiro atoms. The van der Waals surface area contributed by atoms with Gasteiger partial charge >= 0.3 is 6.18 Å². The summed E-state index contributed by atoms with van der Waals surface area (Å²) < 4.78 is 46.1. The van der Waals surface area contributed by atoms with Gasteiger partial charge in [-0.15, -0.1) is 5.10 Å². The Morgan fingerprint density at radius 2 is 1.84 bits per heavy atom. The van der Waals surface area contributed by atoms with Gasteiger partial charge in [0, 0.05) is 12.5 Å². The van der Waals surface area contributed by atoms with Crippen LogP contribution in [0.5, 0.6) is 0 Å². The first-order valence-corrected chi connectivity index (χ1v) is 10.4. The molecule has 2 aromatic carbocycles. The lowest BCUT2D eigenvalue weighted by atomic mass is 9.93. The average molecular weight is 444 g/mol. The fourth-order valence-corrected chi connectivity index (χ4v) is 3.72. The minimum atomic E-state index is -4.39. The van der Waals surface area contributed by atoms with Gasteiger partial charge in [0.15, 0.2) is 0 Å². The molecule has 1 aliphatic rings. The van der Waals surface area contributed by atoms with Gasteiger partial charge in [0.05, 0.1) is 31.0 Å². The van der Waals surface area contributed by atoms with E-state index < -0.39 is 17.7 Å². The molecule has 1 aromatic heterocycles. The molecule has 3 aromatic rings. The highest BCUT2D eigenvalue weighted by molar-refractivity contribution is 5.79. The third-order valence-corrected chi connectivity index (χ3v) is 5.48. The zero-order valence-corrected chi connectivity index (χ0v) is 17.3. The normalized spacial score (nSPS) is 20.2. The van der Waals surface area contributed by atoms with Gasteiger partial charge in [-0.2, -0.15) is 13.2 Å². The number of ether oxygens (including phenoxy) is 1. The van der Waals surface area contributed by atoms with E-state index in [1.54, 1.807) is 10.9 Å². The second kappa shape index (κ2) is 9.52. The topological polar surface area (TPSA) is 69.0 Å². The zero-order chi connectivity index (χ0) is 22.6. The van der Waals surface area contributed by atoms with Gasteiger partial charge < -0.3 is 10.1 Å². The number of hydrogen-bond acceptors (Lipinski definition) is 4. The van der Waals surface area contributed by atoms with Crippen molar-refractivity contribution in [3.05, 3.63) is 83.2 Å². The molecule has 1 amide bonds. The Hall–Kier alpha value is -3.20. The van der Waals surface area contributed by atoms with E-state index in [9.17, 15) is 18.0 Å². The van der Waals surface area contributed by atoms with E-state index >= 15 is 0 Å². The maximum Gasteiger partial charge on any atom is 0.416 e. The first-order chi connectivity index (χ1) is 15.4. The van der Waals surface area contributed by atoms with Crippen LogP contribution in [0.4, 0.5) is 13.2 Å². The lowest BCUT2D eigenvalue weighted by molar-refractivity contribution is -0.137. The number of hydrogen-bond donors (Lipinski definition) is 1. The van der Waals surface area contributed by atoms with E-state index in [4.69, 9.17) is 4.74 Å². The minimum absolute atomic E-state index is 0.178. The van der Waals surface area contributed by atoms with Gasteiger partial charge in [-0.1, -0.05) is 47.7 Å². The van der Waals surface area contributed by atoms with Gasteiger partial charge in [-0.05, 0) is 36.1 Å². The van der Waals surface area contributed by atoms with Crippen LogP contribution in [-0.4, -0.2) is 27.5 Å². The van der Waals surface area contributed by atoms with Crippen LogP contribution >= 0.6 is 0 Å². The first kappa shape index (κ1) is 22.0. The van der Waals surface area contributed by atoms with Crippen molar-refractivity contribution in [1.29, 1.82) is 0 Å². The third-order valence-electron chi connectivity index (χ3n) is 5.48. The number of alkyl halides is 3. The average Bonchev–Trinajstić information content (AvgIpc) is 3.23. The first-order valence-electron chi connectivity index (χ1n) is 10.4. The van der Waals surface area contributed by atoms with Crippen LogP contribution in [0.25, 0.3) is 0 Å². The van der Waals surface area contributed by atoms with Crippen molar-refractivity contribution in [1.82, 2.24) is 20.3 Å². The molecule has 4 rings (SSSR count). The summed E-state index contributed by atoms with van der Waals surface area (Å²) in [4.78, 5) is 13.2. The molecule has 1 aliphatic heterocycles. The van der Waals surface area contributed by atoms with E-state index in [1.807, 2.05) is 30.3 Å². The summed E-state index contributed by atoms with van der Waals surface area (Å²) in [5.74, 6) is -0.631. The number of nitrogens with one attached hydrogen (secondary N) is 1. The van der Waals surface area contributed by atoms with E-state index in [2.05, 4.69) is 15.6 Å². The number of fused-ring (bicyclic) bond motifs is 2. The van der Waals surface area contributed by atoms with Crippen LogP contribution in [-0.2, 0) is 35.3 Å². The summed E-state index contributed by atoms with van der Waals surface area (Å²) in [6.45, 7) is 1.01. The molecule has 2 atom stereocenters. The number of rotatable bonds is 3. The number of nitrogens with zero attached hydrogens (tertiary/aromatic N) is 3. The smallest absolute Gasteiger partial charge is 0.373 e. The van der Waals surface area contributed by atoms with Crippen molar-refractivity contribution < 1.29 is 22.7 Å². The van der Waals surface area contributed by atoms with Crippen LogP contribution < -0.4 is 5.32 Å². The van der Waals surface area contributed by atoms with Crippen molar-refractivity contribution in [2.24, 2.45) is 5.92 Å². The predicted octanol–water partition coefficient (Wildman–Crippen LogP) is 3.93. The number of amides is 1. The summed E-state index contributed by atoms with van der Waals surface area (Å²) in [5.41, 5.74) is 1.57. The fraction of sp³-hybridized carbons (Fsp3) is 0.348. The molecule has 0 aliphatic carbocycles. The van der Waals surface area contributed by atoms with E-state index in [0.717, 1.165) is 17.7 Å². The molecule has 0 saturated heterocycles. The summed E-state index contributed by atoms with van der Waals surface area (Å²) in [6.07, 6.45) is -1.82. The Bertz CT molecular complexity index is 1040. The van der Waals surface area contributed by atoms with Gasteiger partial charge in [0.2, 0.25) is 5.91 Å². The highest BCUT2D eigenvalue weighted by Crippen LogP contribution is 2.29. The van der Waals surface area contributed by atoms with Crippen LogP contribution in [0.3, 0.4) is 0 Å². The van der Waals surface area contributed by atoms with Crippen molar-refractivity contribution in [3.63, 3.8) is 0 Å². The third kappa shape index (κ3) is 5.53. The lowest BCUT2D eigenvalue weighted by Crippen LogP contribution is -2.37. The molecule has 9 heteroatoms. The Morgan fingerprint density at radius 3 is 2.56 bits per heavy atom. The lowest BCUT2D eigenvalue weighted by Gasteiger charge is -2.24. The molecular weight excluding hydrogens is 421 g/mol. The van der Waals surface area contributed by atoms with Crippen LogP contribution in [0.1, 0.15) is 34.8 Å². The maximum atomic E-state index is 13.2. The number of aryl methyl sites for hydroxylation is 1. The molecule has 0 unspecified atom stereocenters. The minimum Gasteiger partial charge on any atom is -0.373 e. The number of benzene rings is 2. The van der Waals surface area contributed by atoms with Crippen molar-refractivity contribution in [3.8, 4) is 0 Å². The van der Waals surface area contributed by atoms with Crippen molar-refractivity contribution in [2.75, 3.05) is 6.61 Å². The summed E-state index contributed by atoms with van der Waals surface area (Å²) >= 11 is 0. The van der Waals surface area contributed by atoms with Crippen LogP contribution in [0, 0.1) is 5.92 Å². The van der Waals surface area contributed by atoms with Crippen LogP contribution in [0.15, 0.2) is 60.8 Å². The highest BCUT2D eigenvalue weighted by Gasteiger charge is 2.30. The van der Waals surface area contributed by atoms with Gasteiger partial charge in [-0.3, -0.25) is 9.48 Å². The van der Waals surface area contributed by atoms with Gasteiger partial charge in [0.1, 0.15) is 5.69 Å². The van der Waals surface area contributed by atoms with Gasteiger partial charge in [-0.25, -0.2) is 0 Å². The second-order valence-corrected chi connectivity index (χ2v) is 7.84. The zero-order valence-electron chi connectivity index (χ0n) is 17.3. The molecule has 1 N–H and O–H groups in total. The number of halogens is 3. The Labute approximate surface area is 183 Å². The van der Waals surface area contributed by atoms with E-state index in [-0.39, 0.29) is 25.2 Å². The van der Waals surface area contributed by atoms with Gasteiger partial charge in [0.25, 0.3) is 0 Å². The Morgan fingerprint density at radius 1 is 1.09 bits per heavy atom. The van der Waals surface area contributed by atoms with E-state index in [1.165, 1.54) is 12.1 Å². The summed E-state index contributed by atoms with van der Waals surface area (Å²) in [7, 11) is 0. The fourth-order valence-electron chi connectivity index (χ4n) is 3.72. The summed E-state index contributed by atoms with van der Waals surface area (Å²) in [6, 6.07) is 14.1. The van der Waals surface area contributed by atoms with Crippen molar-refractivity contribution >= 4 is 5.91 Å². The molecule has 0 saturated carbocycles. The SMILES string of the molecule is O=C1N[C@H](c2ccccc2)COCc2cn(nn2)CC[C@H]1Cc1ccc(C(F)(F)F)cc1. The Balaban J connectivity index is 1.56. The molecule has 0 fully saturated rings. The molecule has 2 heterocycles. The highest BCUT2D eigenvalue weighted by atomic mass is 19.4. The van der Waals surface area contributed by atoms with Crippen LogP contribution in [0.2, 0.25) is 0 Å². The molecule has 6 nitrogen and oxygen atoms in total. The standard InChI is InChI=1S/C23H23F3N4O2/c24-23(25,26)19-8-6-16(7-9-19)12-18-10-11-30-13-20(28-29-30)14-32-15-21(27-22(18)31)17-4-2-1-3-5-17/h1-9,13,18,21H,10-12,14-15H2,(H,27,31)/t18-,21-/m0/s1. The summed E-state index contributed by atoms with van der Waals surface area (Å²) in [5, 5.41) is 11.2. The predicted molar refractivity (Wildman–Crippen MR) is 110 cm³/mol. The molecule has 2 bridgehead atoms. The molecule has 168 valence electrons. The largest absolute Gasteiger partial charge is 0.416 e. The Kier molecular flexibility index (Phi) is 6.55. The van der Waals surface area contributed by atoms with E-state index in [0.29, 0.717) is 30.6 Å². The monoisotopic (exact) mass is 444 g/mol. The number of carbonyl (C=O) groups excluding carboxylic acids is 1. The number of aromatic nitrogens is 3. The quantitative estimate of drug-likeness (QED) is 0.665. The molecule has 0 radical (unpaired) electrons. The molecule has 32 heavy (non-hydrogen) atoms. The number of carbonyl (C=O) groups is 1. The second-order valence-electron chi connectivity index (χ2n) is 7.84. The molecular formula is C23H23F3N4O2. The maximum absolute atomic E-state index is 13.2.